The van der Waals surface area contributed by atoms with Crippen LogP contribution < -0.4 is 10.6 Å². The first-order valence-electron chi connectivity index (χ1n) is 9.60. The largest absolute Gasteiger partial charge is 0.396 e. The lowest BCUT2D eigenvalue weighted by molar-refractivity contribution is 0.253. The number of aliphatic hydroxyl groups excluding tert-OH is 1. The molecule has 1 unspecified atom stereocenters. The minimum absolute atomic E-state index is 0.166. The third kappa shape index (κ3) is 7.92. The Morgan fingerprint density at radius 2 is 1.92 bits per heavy atom. The zero-order chi connectivity index (χ0) is 18.7. The topological polar surface area (TPSA) is 94.0 Å². The zero-order valence-electron chi connectivity index (χ0n) is 16.0. The summed E-state index contributed by atoms with van der Waals surface area (Å²) in [5.41, 5.74) is 0. The summed E-state index contributed by atoms with van der Waals surface area (Å²) in [7, 11) is -3.08. The SMILES string of the molecule is CCCC(CCO)CN=C(NCC)NC1CCN(S(=O)(=O)CC)CC1. The lowest BCUT2D eigenvalue weighted by Crippen LogP contribution is -2.50. The Morgan fingerprint density at radius 1 is 1.24 bits per heavy atom. The highest BCUT2D eigenvalue weighted by molar-refractivity contribution is 7.89. The van der Waals surface area contributed by atoms with Crippen molar-refractivity contribution in [1.82, 2.24) is 14.9 Å². The average Bonchev–Trinajstić information content (AvgIpc) is 2.60. The molecule has 0 aromatic heterocycles. The summed E-state index contributed by atoms with van der Waals surface area (Å²) in [5.74, 6) is 1.36. The molecule has 0 amide bonds. The maximum Gasteiger partial charge on any atom is 0.213 e. The molecule has 7 nitrogen and oxygen atoms in total. The quantitative estimate of drug-likeness (QED) is 0.393. The fourth-order valence-corrected chi connectivity index (χ4v) is 4.24. The smallest absolute Gasteiger partial charge is 0.213 e. The number of nitrogens with zero attached hydrogens (tertiary/aromatic N) is 2. The van der Waals surface area contributed by atoms with E-state index in [1.54, 1.807) is 11.2 Å². The summed E-state index contributed by atoms with van der Waals surface area (Å²) in [6.07, 6.45) is 4.52. The molecule has 0 aromatic carbocycles. The molecule has 1 aliphatic rings. The van der Waals surface area contributed by atoms with Crippen molar-refractivity contribution in [2.75, 3.05) is 38.5 Å². The second kappa shape index (κ2) is 11.7. The summed E-state index contributed by atoms with van der Waals surface area (Å²) in [4.78, 5) is 4.68. The van der Waals surface area contributed by atoms with Crippen LogP contribution in [-0.4, -0.2) is 68.4 Å². The second-order valence-corrected chi connectivity index (χ2v) is 8.86. The van der Waals surface area contributed by atoms with E-state index in [4.69, 9.17) is 0 Å². The molecule has 25 heavy (non-hydrogen) atoms. The van der Waals surface area contributed by atoms with Gasteiger partial charge in [0.15, 0.2) is 5.96 Å². The van der Waals surface area contributed by atoms with Gasteiger partial charge in [-0.1, -0.05) is 13.3 Å². The van der Waals surface area contributed by atoms with Gasteiger partial charge >= 0.3 is 0 Å². The van der Waals surface area contributed by atoms with E-state index in [-0.39, 0.29) is 18.4 Å². The van der Waals surface area contributed by atoms with Gasteiger partial charge in [-0.25, -0.2) is 12.7 Å². The molecule has 1 aliphatic heterocycles. The maximum absolute atomic E-state index is 11.9. The molecular weight excluding hydrogens is 340 g/mol. The van der Waals surface area contributed by atoms with Gasteiger partial charge in [-0.15, -0.1) is 0 Å². The highest BCUT2D eigenvalue weighted by Crippen LogP contribution is 2.15. The van der Waals surface area contributed by atoms with Gasteiger partial charge in [0.05, 0.1) is 5.75 Å². The Bertz CT molecular complexity index is 482. The maximum atomic E-state index is 11.9. The van der Waals surface area contributed by atoms with E-state index < -0.39 is 10.0 Å². The Hall–Kier alpha value is -0.860. The van der Waals surface area contributed by atoms with E-state index in [1.165, 1.54) is 0 Å². The number of hydrogen-bond acceptors (Lipinski definition) is 4. The van der Waals surface area contributed by atoms with Gasteiger partial charge < -0.3 is 15.7 Å². The number of guanidine groups is 1. The molecule has 0 saturated carbocycles. The molecule has 0 aromatic rings. The predicted molar refractivity (Wildman–Crippen MR) is 103 cm³/mol. The molecule has 1 atom stereocenters. The van der Waals surface area contributed by atoms with Gasteiger partial charge in [0, 0.05) is 38.8 Å². The van der Waals surface area contributed by atoms with Gasteiger partial charge in [-0.2, -0.15) is 0 Å². The van der Waals surface area contributed by atoms with Crippen LogP contribution in [0.4, 0.5) is 0 Å². The molecule has 1 fully saturated rings. The monoisotopic (exact) mass is 376 g/mol. The zero-order valence-corrected chi connectivity index (χ0v) is 16.8. The van der Waals surface area contributed by atoms with Crippen molar-refractivity contribution >= 4 is 16.0 Å². The Labute approximate surface area is 153 Å². The Kier molecular flexibility index (Phi) is 10.4. The fraction of sp³-hybridized carbons (Fsp3) is 0.941. The number of aliphatic hydroxyl groups is 1. The summed E-state index contributed by atoms with van der Waals surface area (Å²) in [5, 5.41) is 15.9. The van der Waals surface area contributed by atoms with E-state index in [1.807, 2.05) is 6.92 Å². The average molecular weight is 377 g/mol. The molecule has 0 spiro atoms. The van der Waals surface area contributed by atoms with Crippen molar-refractivity contribution in [2.45, 2.75) is 58.9 Å². The number of nitrogens with one attached hydrogen (secondary N) is 2. The van der Waals surface area contributed by atoms with Crippen LogP contribution in [-0.2, 0) is 10.0 Å². The van der Waals surface area contributed by atoms with E-state index in [2.05, 4.69) is 22.5 Å². The summed E-state index contributed by atoms with van der Waals surface area (Å²) in [6.45, 7) is 8.69. The van der Waals surface area contributed by atoms with Crippen molar-refractivity contribution in [1.29, 1.82) is 0 Å². The lowest BCUT2D eigenvalue weighted by atomic mass is 10.0. The highest BCUT2D eigenvalue weighted by Gasteiger charge is 2.27. The van der Waals surface area contributed by atoms with E-state index in [0.717, 1.165) is 44.6 Å². The Morgan fingerprint density at radius 3 is 2.44 bits per heavy atom. The first-order valence-corrected chi connectivity index (χ1v) is 11.2. The van der Waals surface area contributed by atoms with Crippen LogP contribution >= 0.6 is 0 Å². The van der Waals surface area contributed by atoms with Gasteiger partial charge in [0.2, 0.25) is 10.0 Å². The summed E-state index contributed by atoms with van der Waals surface area (Å²) >= 11 is 0. The van der Waals surface area contributed by atoms with Gasteiger partial charge in [-0.05, 0) is 45.4 Å². The molecule has 8 heteroatoms. The number of rotatable bonds is 10. The standard InChI is InChI=1S/C17H36N4O3S/c1-4-7-15(10-13-22)14-19-17(18-5-2)20-16-8-11-21(12-9-16)25(23,24)6-3/h15-16,22H,4-14H2,1-3H3,(H2,18,19,20). The fourth-order valence-electron chi connectivity index (χ4n) is 3.11. The van der Waals surface area contributed by atoms with Gasteiger partial charge in [-0.3, -0.25) is 4.99 Å². The van der Waals surface area contributed by atoms with Crippen LogP contribution in [0.15, 0.2) is 4.99 Å². The molecular formula is C17H36N4O3S. The van der Waals surface area contributed by atoms with Crippen molar-refractivity contribution < 1.29 is 13.5 Å². The molecule has 0 bridgehead atoms. The third-order valence-corrected chi connectivity index (χ3v) is 6.52. The van der Waals surface area contributed by atoms with E-state index >= 15 is 0 Å². The number of piperidine rings is 1. The second-order valence-electron chi connectivity index (χ2n) is 6.60. The molecule has 1 heterocycles. The first kappa shape index (κ1) is 22.2. The predicted octanol–water partition coefficient (Wildman–Crippen LogP) is 1.15. The molecule has 0 radical (unpaired) electrons. The van der Waals surface area contributed by atoms with Crippen molar-refractivity contribution in [3.8, 4) is 0 Å². The van der Waals surface area contributed by atoms with Crippen LogP contribution in [0.5, 0.6) is 0 Å². The van der Waals surface area contributed by atoms with Crippen LogP contribution in [0.3, 0.4) is 0 Å². The number of sulfonamides is 1. The van der Waals surface area contributed by atoms with Gasteiger partial charge in [0.1, 0.15) is 0 Å². The van der Waals surface area contributed by atoms with Gasteiger partial charge in [0.25, 0.3) is 0 Å². The van der Waals surface area contributed by atoms with Crippen molar-refractivity contribution in [3.05, 3.63) is 0 Å². The van der Waals surface area contributed by atoms with Crippen LogP contribution in [0.1, 0.15) is 52.9 Å². The lowest BCUT2D eigenvalue weighted by Gasteiger charge is -2.32. The first-order chi connectivity index (χ1) is 12.0. The third-order valence-electron chi connectivity index (χ3n) is 4.64. The van der Waals surface area contributed by atoms with Crippen molar-refractivity contribution in [3.63, 3.8) is 0 Å². The molecule has 1 rings (SSSR count). The van der Waals surface area contributed by atoms with Crippen LogP contribution in [0, 0.1) is 5.92 Å². The number of aliphatic imine (C=N–C) groups is 1. The molecule has 0 aliphatic carbocycles. The van der Waals surface area contributed by atoms with E-state index in [9.17, 15) is 13.5 Å². The Balaban J connectivity index is 2.56. The summed E-state index contributed by atoms with van der Waals surface area (Å²) in [6, 6.07) is 0.239. The normalized spacial score (nSPS) is 19.0. The van der Waals surface area contributed by atoms with Crippen LogP contribution in [0.25, 0.3) is 0 Å². The van der Waals surface area contributed by atoms with E-state index in [0.29, 0.717) is 25.6 Å². The van der Waals surface area contributed by atoms with Crippen molar-refractivity contribution in [2.24, 2.45) is 10.9 Å². The summed E-state index contributed by atoms with van der Waals surface area (Å²) < 4.78 is 25.5. The molecule has 148 valence electrons. The molecule has 1 saturated heterocycles. The molecule has 3 N–H and O–H groups in total. The minimum Gasteiger partial charge on any atom is -0.396 e. The number of hydrogen-bond donors (Lipinski definition) is 3. The minimum atomic E-state index is -3.08. The highest BCUT2D eigenvalue weighted by atomic mass is 32.2. The van der Waals surface area contributed by atoms with Crippen LogP contribution in [0.2, 0.25) is 0 Å².